The Kier molecular flexibility index (Phi) is 4.66. The van der Waals surface area contributed by atoms with Crippen molar-refractivity contribution in [1.29, 1.82) is 0 Å². The van der Waals surface area contributed by atoms with Crippen LogP contribution in [0.4, 0.5) is 0 Å². The van der Waals surface area contributed by atoms with Crippen molar-refractivity contribution >= 4 is 5.97 Å². The van der Waals surface area contributed by atoms with Gasteiger partial charge in [-0.2, -0.15) is 0 Å². The molecule has 1 N–H and O–H groups in total. The van der Waals surface area contributed by atoms with Gasteiger partial charge in [-0.3, -0.25) is 9.69 Å². The number of benzene rings is 1. The van der Waals surface area contributed by atoms with Gasteiger partial charge in [-0.25, -0.2) is 4.68 Å². The SMILES string of the molecule is CC1(C)CC(c2ccccc2)N(CCc2cn(CC(=O)O)nn2)C1. The van der Waals surface area contributed by atoms with E-state index in [0.717, 1.165) is 31.6 Å². The topological polar surface area (TPSA) is 71.2 Å². The molecule has 1 saturated heterocycles. The van der Waals surface area contributed by atoms with E-state index in [1.807, 2.05) is 0 Å². The molecule has 6 heteroatoms. The third-order valence-corrected chi connectivity index (χ3v) is 4.54. The Morgan fingerprint density at radius 3 is 2.79 bits per heavy atom. The highest BCUT2D eigenvalue weighted by Gasteiger charge is 2.37. The van der Waals surface area contributed by atoms with Crippen molar-refractivity contribution < 1.29 is 9.90 Å². The molecule has 1 aliphatic rings. The number of hydrogen-bond donors (Lipinski definition) is 1. The van der Waals surface area contributed by atoms with E-state index in [0.29, 0.717) is 11.5 Å². The first-order valence-corrected chi connectivity index (χ1v) is 8.33. The molecule has 1 aliphatic heterocycles. The minimum Gasteiger partial charge on any atom is -0.480 e. The summed E-state index contributed by atoms with van der Waals surface area (Å²) in [5.41, 5.74) is 2.49. The lowest BCUT2D eigenvalue weighted by Crippen LogP contribution is -2.27. The van der Waals surface area contributed by atoms with Gasteiger partial charge in [0.2, 0.25) is 0 Å². The number of nitrogens with zero attached hydrogens (tertiary/aromatic N) is 4. The Balaban J connectivity index is 1.66. The van der Waals surface area contributed by atoms with E-state index in [4.69, 9.17) is 5.11 Å². The van der Waals surface area contributed by atoms with Crippen molar-refractivity contribution in [3.8, 4) is 0 Å². The second-order valence-corrected chi connectivity index (χ2v) is 7.32. The highest BCUT2D eigenvalue weighted by molar-refractivity contribution is 5.66. The van der Waals surface area contributed by atoms with Gasteiger partial charge in [-0.05, 0) is 17.4 Å². The molecule has 0 aliphatic carbocycles. The van der Waals surface area contributed by atoms with Gasteiger partial charge in [0.1, 0.15) is 6.54 Å². The predicted octanol–water partition coefficient (Wildman–Crippen LogP) is 2.38. The van der Waals surface area contributed by atoms with E-state index in [9.17, 15) is 4.79 Å². The van der Waals surface area contributed by atoms with E-state index in [-0.39, 0.29) is 6.54 Å². The first kappa shape index (κ1) is 16.6. The van der Waals surface area contributed by atoms with Crippen LogP contribution in [0.5, 0.6) is 0 Å². The Morgan fingerprint density at radius 1 is 1.33 bits per heavy atom. The zero-order valence-electron chi connectivity index (χ0n) is 14.2. The lowest BCUT2D eigenvalue weighted by atomic mass is 9.89. The summed E-state index contributed by atoms with van der Waals surface area (Å²) in [6, 6.07) is 11.1. The Hall–Kier alpha value is -2.21. The van der Waals surface area contributed by atoms with Crippen LogP contribution in [0.1, 0.15) is 37.6 Å². The van der Waals surface area contributed by atoms with Gasteiger partial charge >= 0.3 is 5.97 Å². The van der Waals surface area contributed by atoms with Crippen molar-refractivity contribution in [2.75, 3.05) is 13.1 Å². The van der Waals surface area contributed by atoms with Crippen LogP contribution in [-0.4, -0.2) is 44.1 Å². The molecular formula is C18H24N4O2. The minimum atomic E-state index is -0.906. The fourth-order valence-electron chi connectivity index (χ4n) is 3.54. The fraction of sp³-hybridized carbons (Fsp3) is 0.500. The molecule has 24 heavy (non-hydrogen) atoms. The van der Waals surface area contributed by atoms with Crippen molar-refractivity contribution in [3.05, 3.63) is 47.8 Å². The number of carboxylic acids is 1. The minimum absolute atomic E-state index is 0.142. The summed E-state index contributed by atoms with van der Waals surface area (Å²) in [6.45, 7) is 6.43. The van der Waals surface area contributed by atoms with Crippen molar-refractivity contribution in [2.24, 2.45) is 5.41 Å². The molecule has 1 unspecified atom stereocenters. The van der Waals surface area contributed by atoms with Gasteiger partial charge in [0.25, 0.3) is 0 Å². The van der Waals surface area contributed by atoms with Gasteiger partial charge in [0.05, 0.1) is 5.69 Å². The van der Waals surface area contributed by atoms with E-state index in [1.165, 1.54) is 10.2 Å². The largest absolute Gasteiger partial charge is 0.480 e. The number of carbonyl (C=O) groups is 1. The third kappa shape index (κ3) is 4.00. The van der Waals surface area contributed by atoms with Crippen LogP contribution in [0.15, 0.2) is 36.5 Å². The molecule has 0 amide bonds. The maximum atomic E-state index is 10.7. The molecule has 6 nitrogen and oxygen atoms in total. The number of rotatable bonds is 6. The molecule has 1 atom stereocenters. The van der Waals surface area contributed by atoms with Crippen molar-refractivity contribution in [1.82, 2.24) is 19.9 Å². The number of aromatic nitrogens is 3. The summed E-state index contributed by atoms with van der Waals surface area (Å²) >= 11 is 0. The second-order valence-electron chi connectivity index (χ2n) is 7.32. The molecule has 0 radical (unpaired) electrons. The van der Waals surface area contributed by atoms with Crippen LogP contribution in [0, 0.1) is 5.41 Å². The molecule has 0 saturated carbocycles. The van der Waals surface area contributed by atoms with Crippen LogP contribution in [0.2, 0.25) is 0 Å². The summed E-state index contributed by atoms with van der Waals surface area (Å²) < 4.78 is 1.38. The van der Waals surface area contributed by atoms with Gasteiger partial charge < -0.3 is 5.11 Å². The summed E-state index contributed by atoms with van der Waals surface area (Å²) in [5.74, 6) is -0.906. The van der Waals surface area contributed by atoms with Gasteiger partial charge in [-0.1, -0.05) is 49.4 Å². The number of aliphatic carboxylic acids is 1. The normalized spacial score (nSPS) is 20.3. The molecule has 2 aromatic rings. The third-order valence-electron chi connectivity index (χ3n) is 4.54. The average Bonchev–Trinajstić information content (AvgIpc) is 3.09. The first-order valence-electron chi connectivity index (χ1n) is 8.33. The van der Waals surface area contributed by atoms with E-state index >= 15 is 0 Å². The summed E-state index contributed by atoms with van der Waals surface area (Å²) in [5, 5.41) is 16.8. The van der Waals surface area contributed by atoms with Gasteiger partial charge in [0.15, 0.2) is 0 Å². The van der Waals surface area contributed by atoms with E-state index in [2.05, 4.69) is 59.4 Å². The number of carboxylic acid groups (broad SMARTS) is 1. The average molecular weight is 328 g/mol. The van der Waals surface area contributed by atoms with Gasteiger partial charge in [-0.15, -0.1) is 5.10 Å². The van der Waals surface area contributed by atoms with Crippen LogP contribution < -0.4 is 0 Å². The molecule has 2 heterocycles. The van der Waals surface area contributed by atoms with Crippen LogP contribution in [-0.2, 0) is 17.8 Å². The molecule has 0 spiro atoms. The zero-order chi connectivity index (χ0) is 17.2. The quantitative estimate of drug-likeness (QED) is 0.881. The monoisotopic (exact) mass is 328 g/mol. The molecule has 1 fully saturated rings. The maximum absolute atomic E-state index is 10.7. The highest BCUT2D eigenvalue weighted by Crippen LogP contribution is 2.42. The first-order chi connectivity index (χ1) is 11.4. The molecule has 1 aromatic heterocycles. The standard InChI is InChI=1S/C18H24N4O2/c1-18(2)10-16(14-6-4-3-5-7-14)21(13-18)9-8-15-11-22(20-19-15)12-17(23)24/h3-7,11,16H,8-10,12-13H2,1-2H3,(H,23,24). The molecule has 0 bridgehead atoms. The Morgan fingerprint density at radius 2 is 2.08 bits per heavy atom. The smallest absolute Gasteiger partial charge is 0.325 e. The van der Waals surface area contributed by atoms with Crippen LogP contribution >= 0.6 is 0 Å². The van der Waals surface area contributed by atoms with Crippen LogP contribution in [0.3, 0.4) is 0 Å². The molecule has 1 aromatic carbocycles. The van der Waals surface area contributed by atoms with Crippen LogP contribution in [0.25, 0.3) is 0 Å². The second kappa shape index (κ2) is 6.73. The lowest BCUT2D eigenvalue weighted by Gasteiger charge is -2.24. The Bertz CT molecular complexity index is 696. The predicted molar refractivity (Wildman–Crippen MR) is 90.5 cm³/mol. The van der Waals surface area contributed by atoms with E-state index in [1.54, 1.807) is 6.20 Å². The highest BCUT2D eigenvalue weighted by atomic mass is 16.4. The van der Waals surface area contributed by atoms with Crippen molar-refractivity contribution in [3.63, 3.8) is 0 Å². The fourth-order valence-corrected chi connectivity index (χ4v) is 3.54. The molecule has 3 rings (SSSR count). The van der Waals surface area contributed by atoms with E-state index < -0.39 is 5.97 Å². The summed E-state index contributed by atoms with van der Waals surface area (Å²) in [7, 11) is 0. The maximum Gasteiger partial charge on any atom is 0.325 e. The molecular weight excluding hydrogens is 304 g/mol. The van der Waals surface area contributed by atoms with Crippen molar-refractivity contribution in [2.45, 2.75) is 39.3 Å². The lowest BCUT2D eigenvalue weighted by molar-refractivity contribution is -0.137. The summed E-state index contributed by atoms with van der Waals surface area (Å²) in [4.78, 5) is 13.2. The zero-order valence-corrected chi connectivity index (χ0v) is 14.2. The molecule has 128 valence electrons. The Labute approximate surface area is 142 Å². The number of hydrogen-bond acceptors (Lipinski definition) is 4. The summed E-state index contributed by atoms with van der Waals surface area (Å²) in [6.07, 6.45) is 3.65. The van der Waals surface area contributed by atoms with Gasteiger partial charge in [0, 0.05) is 31.7 Å². The number of likely N-dealkylation sites (tertiary alicyclic amines) is 1.